The van der Waals surface area contributed by atoms with Gasteiger partial charge in [0.2, 0.25) is 0 Å². The molecular formula is C14H20ClN3. The SMILES string of the molecule is Cc1ccc(N2CC(N3CCNCC3)C2)cc1Cl. The van der Waals surface area contributed by atoms with Crippen molar-refractivity contribution in [3.63, 3.8) is 0 Å². The highest BCUT2D eigenvalue weighted by atomic mass is 35.5. The average Bonchev–Trinajstić information content (AvgIpc) is 2.33. The summed E-state index contributed by atoms with van der Waals surface area (Å²) in [6.45, 7) is 8.96. The Bertz CT molecular complexity index is 423. The largest absolute Gasteiger partial charge is 0.368 e. The molecule has 1 N–H and O–H groups in total. The zero-order valence-corrected chi connectivity index (χ0v) is 11.6. The van der Waals surface area contributed by atoms with E-state index in [4.69, 9.17) is 11.6 Å². The van der Waals surface area contributed by atoms with Crippen LogP contribution in [0.3, 0.4) is 0 Å². The van der Waals surface area contributed by atoms with Gasteiger partial charge in [-0.15, -0.1) is 0 Å². The molecule has 0 unspecified atom stereocenters. The number of rotatable bonds is 2. The van der Waals surface area contributed by atoms with Crippen LogP contribution in [0.25, 0.3) is 0 Å². The van der Waals surface area contributed by atoms with E-state index >= 15 is 0 Å². The van der Waals surface area contributed by atoms with E-state index in [0.29, 0.717) is 0 Å². The van der Waals surface area contributed by atoms with Gasteiger partial charge in [-0.05, 0) is 24.6 Å². The molecule has 4 heteroatoms. The number of benzene rings is 1. The van der Waals surface area contributed by atoms with Crippen LogP contribution in [-0.2, 0) is 0 Å². The van der Waals surface area contributed by atoms with Gasteiger partial charge in [0.1, 0.15) is 0 Å². The van der Waals surface area contributed by atoms with E-state index < -0.39 is 0 Å². The van der Waals surface area contributed by atoms with Crippen LogP contribution < -0.4 is 10.2 Å². The Morgan fingerprint density at radius 2 is 1.94 bits per heavy atom. The van der Waals surface area contributed by atoms with Crippen molar-refractivity contribution >= 4 is 17.3 Å². The van der Waals surface area contributed by atoms with Crippen molar-refractivity contribution in [1.29, 1.82) is 0 Å². The maximum atomic E-state index is 6.18. The number of hydrogen-bond acceptors (Lipinski definition) is 3. The first kappa shape index (κ1) is 12.3. The predicted octanol–water partition coefficient (Wildman–Crippen LogP) is 1.74. The Kier molecular flexibility index (Phi) is 3.46. The van der Waals surface area contributed by atoms with Gasteiger partial charge in [-0.25, -0.2) is 0 Å². The van der Waals surface area contributed by atoms with Gasteiger partial charge >= 0.3 is 0 Å². The molecule has 0 saturated carbocycles. The highest BCUT2D eigenvalue weighted by Crippen LogP contribution is 2.28. The summed E-state index contributed by atoms with van der Waals surface area (Å²) in [5, 5.41) is 4.27. The van der Waals surface area contributed by atoms with E-state index in [1.54, 1.807) is 0 Å². The van der Waals surface area contributed by atoms with Gasteiger partial charge in [-0.2, -0.15) is 0 Å². The van der Waals surface area contributed by atoms with E-state index in [0.717, 1.165) is 42.8 Å². The Hall–Kier alpha value is -0.770. The Morgan fingerprint density at radius 1 is 1.22 bits per heavy atom. The van der Waals surface area contributed by atoms with Crippen LogP contribution in [0.1, 0.15) is 5.56 Å². The molecule has 2 fully saturated rings. The smallest absolute Gasteiger partial charge is 0.0455 e. The maximum absolute atomic E-state index is 6.18. The number of nitrogens with zero attached hydrogens (tertiary/aromatic N) is 2. The second kappa shape index (κ2) is 5.08. The number of anilines is 1. The molecule has 0 atom stereocenters. The second-order valence-electron chi connectivity index (χ2n) is 5.28. The average molecular weight is 266 g/mol. The third kappa shape index (κ3) is 2.35. The molecule has 2 saturated heterocycles. The quantitative estimate of drug-likeness (QED) is 0.879. The third-order valence-electron chi connectivity index (χ3n) is 4.05. The predicted molar refractivity (Wildman–Crippen MR) is 76.6 cm³/mol. The lowest BCUT2D eigenvalue weighted by molar-refractivity contribution is 0.147. The summed E-state index contributed by atoms with van der Waals surface area (Å²) in [4.78, 5) is 5.01. The third-order valence-corrected chi connectivity index (χ3v) is 4.46. The monoisotopic (exact) mass is 265 g/mol. The molecule has 0 radical (unpaired) electrons. The van der Waals surface area contributed by atoms with Crippen LogP contribution in [0.4, 0.5) is 5.69 Å². The van der Waals surface area contributed by atoms with Crippen molar-refractivity contribution in [3.8, 4) is 0 Å². The summed E-state index contributed by atoms with van der Waals surface area (Å²) in [6, 6.07) is 7.10. The number of aryl methyl sites for hydroxylation is 1. The summed E-state index contributed by atoms with van der Waals surface area (Å²) in [5.41, 5.74) is 2.41. The minimum atomic E-state index is 0.729. The highest BCUT2D eigenvalue weighted by Gasteiger charge is 2.32. The van der Waals surface area contributed by atoms with Crippen molar-refractivity contribution in [2.45, 2.75) is 13.0 Å². The fraction of sp³-hybridized carbons (Fsp3) is 0.571. The molecule has 1 aromatic rings. The lowest BCUT2D eigenvalue weighted by atomic mass is 10.0. The van der Waals surface area contributed by atoms with Gasteiger partial charge in [0.15, 0.2) is 0 Å². The molecule has 3 nitrogen and oxygen atoms in total. The van der Waals surface area contributed by atoms with Crippen molar-refractivity contribution in [1.82, 2.24) is 10.2 Å². The summed E-state index contributed by atoms with van der Waals surface area (Å²) in [6.07, 6.45) is 0. The molecule has 98 valence electrons. The van der Waals surface area contributed by atoms with Gasteiger partial charge in [0, 0.05) is 56.0 Å². The topological polar surface area (TPSA) is 18.5 Å². The minimum absolute atomic E-state index is 0.729. The molecule has 2 aliphatic rings. The molecule has 2 aliphatic heterocycles. The fourth-order valence-corrected chi connectivity index (χ4v) is 2.90. The number of halogens is 1. The molecule has 0 spiro atoms. The zero-order valence-electron chi connectivity index (χ0n) is 10.8. The highest BCUT2D eigenvalue weighted by molar-refractivity contribution is 6.31. The van der Waals surface area contributed by atoms with Crippen LogP contribution >= 0.6 is 11.6 Å². The Labute approximate surface area is 114 Å². The van der Waals surface area contributed by atoms with Gasteiger partial charge < -0.3 is 10.2 Å². The lowest BCUT2D eigenvalue weighted by Crippen LogP contribution is -2.62. The number of nitrogens with one attached hydrogen (secondary N) is 1. The number of hydrogen-bond donors (Lipinski definition) is 1. The van der Waals surface area contributed by atoms with Crippen molar-refractivity contribution in [2.75, 3.05) is 44.2 Å². The zero-order chi connectivity index (χ0) is 12.5. The normalized spacial score (nSPS) is 22.0. The van der Waals surface area contributed by atoms with Crippen molar-refractivity contribution in [2.24, 2.45) is 0 Å². The van der Waals surface area contributed by atoms with Gasteiger partial charge in [-0.1, -0.05) is 17.7 Å². The first-order valence-electron chi connectivity index (χ1n) is 6.70. The molecule has 0 amide bonds. The summed E-state index contributed by atoms with van der Waals surface area (Å²) >= 11 is 6.18. The maximum Gasteiger partial charge on any atom is 0.0455 e. The first-order chi connectivity index (χ1) is 8.74. The molecule has 0 aliphatic carbocycles. The van der Waals surface area contributed by atoms with Crippen molar-refractivity contribution in [3.05, 3.63) is 28.8 Å². The molecule has 18 heavy (non-hydrogen) atoms. The van der Waals surface area contributed by atoms with Crippen LogP contribution in [0.2, 0.25) is 5.02 Å². The Morgan fingerprint density at radius 3 is 2.61 bits per heavy atom. The summed E-state index contributed by atoms with van der Waals surface area (Å²) < 4.78 is 0. The molecule has 3 rings (SSSR count). The standard InChI is InChI=1S/C14H20ClN3/c1-11-2-3-12(8-14(11)15)18-9-13(10-18)17-6-4-16-5-7-17/h2-3,8,13,16H,4-7,9-10H2,1H3. The Balaban J connectivity index is 1.59. The van der Waals surface area contributed by atoms with Crippen LogP contribution in [0, 0.1) is 6.92 Å². The van der Waals surface area contributed by atoms with Crippen LogP contribution in [0.15, 0.2) is 18.2 Å². The summed E-state index contributed by atoms with van der Waals surface area (Å²) in [5.74, 6) is 0. The molecule has 2 heterocycles. The van der Waals surface area contributed by atoms with E-state index in [1.807, 2.05) is 6.92 Å². The van der Waals surface area contributed by atoms with E-state index in [1.165, 1.54) is 18.8 Å². The second-order valence-corrected chi connectivity index (χ2v) is 5.69. The molecule has 0 bridgehead atoms. The minimum Gasteiger partial charge on any atom is -0.368 e. The fourth-order valence-electron chi connectivity index (χ4n) is 2.72. The molecule has 0 aromatic heterocycles. The van der Waals surface area contributed by atoms with Gasteiger partial charge in [0.25, 0.3) is 0 Å². The van der Waals surface area contributed by atoms with Crippen LogP contribution in [-0.4, -0.2) is 50.2 Å². The van der Waals surface area contributed by atoms with Crippen LogP contribution in [0.5, 0.6) is 0 Å². The number of piperazine rings is 1. The van der Waals surface area contributed by atoms with E-state index in [2.05, 4.69) is 33.3 Å². The summed E-state index contributed by atoms with van der Waals surface area (Å²) in [7, 11) is 0. The first-order valence-corrected chi connectivity index (χ1v) is 7.08. The van der Waals surface area contributed by atoms with Gasteiger partial charge in [0.05, 0.1) is 0 Å². The van der Waals surface area contributed by atoms with E-state index in [9.17, 15) is 0 Å². The van der Waals surface area contributed by atoms with Crippen molar-refractivity contribution < 1.29 is 0 Å². The van der Waals surface area contributed by atoms with Gasteiger partial charge in [-0.3, -0.25) is 4.90 Å². The molecular weight excluding hydrogens is 246 g/mol. The molecule has 1 aromatic carbocycles. The van der Waals surface area contributed by atoms with E-state index in [-0.39, 0.29) is 0 Å². The lowest BCUT2D eigenvalue weighted by Gasteiger charge is -2.48.